The molecule has 0 aromatic heterocycles. The van der Waals surface area contributed by atoms with E-state index in [-0.39, 0.29) is 32.0 Å². The molecule has 19 heavy (non-hydrogen) atoms. The summed E-state index contributed by atoms with van der Waals surface area (Å²) >= 11 is 0. The molecule has 0 radical (unpaired) electrons. The van der Waals surface area contributed by atoms with E-state index in [0.29, 0.717) is 11.4 Å². The highest BCUT2D eigenvalue weighted by molar-refractivity contribution is 5.76. The standard InChI is InChI=1S/C13H18N2O4/c14-9-3-1-2-4-12(9)19-6-5-13(18)15-7-10(16)11(17)8-15/h1-4,10-11,16-17H,5-8,14H2/t10-,11+. The van der Waals surface area contributed by atoms with Gasteiger partial charge in [0.05, 0.1) is 30.9 Å². The second-order valence-electron chi connectivity index (χ2n) is 4.57. The van der Waals surface area contributed by atoms with Crippen molar-refractivity contribution in [3.8, 4) is 5.75 Å². The Labute approximate surface area is 111 Å². The molecular weight excluding hydrogens is 248 g/mol. The van der Waals surface area contributed by atoms with Gasteiger partial charge in [-0.2, -0.15) is 0 Å². The number of ether oxygens (including phenoxy) is 1. The molecule has 6 heteroatoms. The van der Waals surface area contributed by atoms with E-state index in [0.717, 1.165) is 0 Å². The lowest BCUT2D eigenvalue weighted by atomic mass is 10.3. The van der Waals surface area contributed by atoms with E-state index >= 15 is 0 Å². The number of aliphatic hydroxyl groups excluding tert-OH is 2. The van der Waals surface area contributed by atoms with Crippen molar-refractivity contribution in [1.82, 2.24) is 4.90 Å². The van der Waals surface area contributed by atoms with Crippen LogP contribution in [0.1, 0.15) is 6.42 Å². The number of benzene rings is 1. The van der Waals surface area contributed by atoms with Crippen molar-refractivity contribution in [2.24, 2.45) is 0 Å². The van der Waals surface area contributed by atoms with Gasteiger partial charge in [-0.25, -0.2) is 0 Å². The Kier molecular flexibility index (Phi) is 4.24. The average molecular weight is 266 g/mol. The van der Waals surface area contributed by atoms with Crippen LogP contribution in [0.3, 0.4) is 0 Å². The van der Waals surface area contributed by atoms with Crippen molar-refractivity contribution in [2.75, 3.05) is 25.4 Å². The maximum Gasteiger partial charge on any atom is 0.226 e. The molecule has 1 aliphatic rings. The molecule has 0 unspecified atom stereocenters. The number of nitrogen functional groups attached to an aromatic ring is 1. The second-order valence-corrected chi connectivity index (χ2v) is 4.57. The minimum Gasteiger partial charge on any atom is -0.491 e. The van der Waals surface area contributed by atoms with Crippen LogP contribution in [0.4, 0.5) is 5.69 Å². The summed E-state index contributed by atoms with van der Waals surface area (Å²) in [6, 6.07) is 7.08. The van der Waals surface area contributed by atoms with Gasteiger partial charge >= 0.3 is 0 Å². The van der Waals surface area contributed by atoms with Crippen molar-refractivity contribution < 1.29 is 19.7 Å². The average Bonchev–Trinajstić information content (AvgIpc) is 2.72. The maximum absolute atomic E-state index is 11.8. The quantitative estimate of drug-likeness (QED) is 0.645. The number of hydrogen-bond acceptors (Lipinski definition) is 5. The molecule has 0 aliphatic carbocycles. The van der Waals surface area contributed by atoms with E-state index in [1.54, 1.807) is 24.3 Å². The van der Waals surface area contributed by atoms with Crippen molar-refractivity contribution in [3.05, 3.63) is 24.3 Å². The zero-order chi connectivity index (χ0) is 13.8. The fourth-order valence-corrected chi connectivity index (χ4v) is 1.99. The SMILES string of the molecule is Nc1ccccc1OCCC(=O)N1C[C@@H](O)[C@@H](O)C1. The molecule has 6 nitrogen and oxygen atoms in total. The van der Waals surface area contributed by atoms with Gasteiger partial charge < -0.3 is 25.6 Å². The Morgan fingerprint density at radius 3 is 2.58 bits per heavy atom. The molecule has 4 N–H and O–H groups in total. The fraction of sp³-hybridized carbons (Fsp3) is 0.462. The van der Waals surface area contributed by atoms with Gasteiger partial charge in [0.2, 0.25) is 5.91 Å². The first-order valence-electron chi connectivity index (χ1n) is 6.19. The molecule has 1 saturated heterocycles. The van der Waals surface area contributed by atoms with Gasteiger partial charge in [-0.05, 0) is 12.1 Å². The van der Waals surface area contributed by atoms with Crippen LogP contribution < -0.4 is 10.5 Å². The monoisotopic (exact) mass is 266 g/mol. The molecule has 104 valence electrons. The molecule has 1 fully saturated rings. The summed E-state index contributed by atoms with van der Waals surface area (Å²) in [5.41, 5.74) is 6.24. The summed E-state index contributed by atoms with van der Waals surface area (Å²) in [5.74, 6) is 0.405. The largest absolute Gasteiger partial charge is 0.491 e. The highest BCUT2D eigenvalue weighted by Crippen LogP contribution is 2.20. The minimum atomic E-state index is -0.852. The number of hydrogen-bond donors (Lipinski definition) is 3. The Bertz CT molecular complexity index is 442. The molecule has 1 aliphatic heterocycles. The van der Waals surface area contributed by atoms with Crippen LogP contribution in [0, 0.1) is 0 Å². The molecule has 0 spiro atoms. The summed E-state index contributed by atoms with van der Waals surface area (Å²) in [6.45, 7) is 0.566. The van der Waals surface area contributed by atoms with Gasteiger partial charge in [-0.3, -0.25) is 4.79 Å². The van der Waals surface area contributed by atoms with E-state index in [1.807, 2.05) is 0 Å². The van der Waals surface area contributed by atoms with Gasteiger partial charge in [-0.15, -0.1) is 0 Å². The number of anilines is 1. The van der Waals surface area contributed by atoms with E-state index in [9.17, 15) is 15.0 Å². The first kappa shape index (κ1) is 13.6. The number of nitrogens with two attached hydrogens (primary N) is 1. The van der Waals surface area contributed by atoms with Crippen molar-refractivity contribution in [1.29, 1.82) is 0 Å². The second kappa shape index (κ2) is 5.90. The number of likely N-dealkylation sites (tertiary alicyclic amines) is 1. The molecule has 1 amide bonds. The molecule has 1 aromatic carbocycles. The number of amides is 1. The zero-order valence-electron chi connectivity index (χ0n) is 10.5. The third-order valence-corrected chi connectivity index (χ3v) is 3.10. The van der Waals surface area contributed by atoms with Gasteiger partial charge in [0.15, 0.2) is 0 Å². The summed E-state index contributed by atoms with van der Waals surface area (Å²) < 4.78 is 5.42. The van der Waals surface area contributed by atoms with E-state index in [2.05, 4.69) is 0 Å². The Hall–Kier alpha value is -1.79. The number of para-hydroxylation sites is 2. The molecule has 0 bridgehead atoms. The maximum atomic E-state index is 11.8. The minimum absolute atomic E-state index is 0.148. The summed E-state index contributed by atoms with van der Waals surface area (Å²) in [7, 11) is 0. The predicted octanol–water partition coefficient (Wildman–Crippen LogP) is -0.398. The Morgan fingerprint density at radius 2 is 1.95 bits per heavy atom. The van der Waals surface area contributed by atoms with Gasteiger partial charge in [0.25, 0.3) is 0 Å². The Morgan fingerprint density at radius 1 is 1.32 bits per heavy atom. The van der Waals surface area contributed by atoms with Gasteiger partial charge in [0.1, 0.15) is 5.75 Å². The lowest BCUT2D eigenvalue weighted by molar-refractivity contribution is -0.131. The van der Waals surface area contributed by atoms with Crippen LogP contribution in [0.5, 0.6) is 5.75 Å². The topological polar surface area (TPSA) is 96.0 Å². The number of aliphatic hydroxyl groups is 2. The first-order valence-corrected chi connectivity index (χ1v) is 6.19. The normalized spacial score (nSPS) is 22.5. The number of carbonyl (C=O) groups is 1. The van der Waals surface area contributed by atoms with Crippen LogP contribution in [0.25, 0.3) is 0 Å². The zero-order valence-corrected chi connectivity index (χ0v) is 10.5. The van der Waals surface area contributed by atoms with Crippen LogP contribution in [0.2, 0.25) is 0 Å². The van der Waals surface area contributed by atoms with Crippen LogP contribution in [-0.4, -0.2) is 52.9 Å². The highest BCUT2D eigenvalue weighted by atomic mass is 16.5. The van der Waals surface area contributed by atoms with Gasteiger partial charge in [-0.1, -0.05) is 12.1 Å². The molecule has 2 atom stereocenters. The number of nitrogens with zero attached hydrogens (tertiary/aromatic N) is 1. The number of carbonyl (C=O) groups excluding carboxylic acids is 1. The van der Waals surface area contributed by atoms with Crippen molar-refractivity contribution in [2.45, 2.75) is 18.6 Å². The van der Waals surface area contributed by atoms with E-state index in [1.165, 1.54) is 4.90 Å². The lowest BCUT2D eigenvalue weighted by Crippen LogP contribution is -2.30. The molecule has 1 heterocycles. The number of rotatable bonds is 4. The highest BCUT2D eigenvalue weighted by Gasteiger charge is 2.32. The van der Waals surface area contributed by atoms with Crippen molar-refractivity contribution in [3.63, 3.8) is 0 Å². The summed E-state index contributed by atoms with van der Waals surface area (Å²) in [6.07, 6.45) is -1.52. The predicted molar refractivity (Wildman–Crippen MR) is 69.6 cm³/mol. The Balaban J connectivity index is 1.77. The van der Waals surface area contributed by atoms with Crippen LogP contribution in [0.15, 0.2) is 24.3 Å². The number of β-amino-alcohol motifs (C(OH)–C–C–N with tert-alkyl or cyclic N) is 2. The summed E-state index contributed by atoms with van der Waals surface area (Å²) in [5, 5.41) is 18.7. The third kappa shape index (κ3) is 3.36. The summed E-state index contributed by atoms with van der Waals surface area (Å²) in [4.78, 5) is 13.2. The van der Waals surface area contributed by atoms with E-state index in [4.69, 9.17) is 10.5 Å². The smallest absolute Gasteiger partial charge is 0.226 e. The van der Waals surface area contributed by atoms with Crippen LogP contribution in [-0.2, 0) is 4.79 Å². The molecule has 1 aromatic rings. The third-order valence-electron chi connectivity index (χ3n) is 3.10. The van der Waals surface area contributed by atoms with Gasteiger partial charge in [0, 0.05) is 13.1 Å². The fourth-order valence-electron chi connectivity index (χ4n) is 1.99. The first-order chi connectivity index (χ1) is 9.08. The van der Waals surface area contributed by atoms with Crippen molar-refractivity contribution >= 4 is 11.6 Å². The molecule has 2 rings (SSSR count). The molecule has 0 saturated carbocycles. The lowest BCUT2D eigenvalue weighted by Gasteiger charge is -2.15. The molecular formula is C13H18N2O4. The van der Waals surface area contributed by atoms with E-state index < -0.39 is 12.2 Å². The van der Waals surface area contributed by atoms with Crippen LogP contribution >= 0.6 is 0 Å².